The summed E-state index contributed by atoms with van der Waals surface area (Å²) in [4.78, 5) is 0. The van der Waals surface area contributed by atoms with Gasteiger partial charge in [0.15, 0.2) is 0 Å². The maximum absolute atomic E-state index is 12.3. The first-order valence-corrected chi connectivity index (χ1v) is 10.2. The molecule has 0 saturated carbocycles. The van der Waals surface area contributed by atoms with Gasteiger partial charge >= 0.3 is 74.1 Å². The van der Waals surface area contributed by atoms with Crippen LogP contribution in [0.1, 0.15) is 0 Å². The molecule has 0 nitrogen and oxygen atoms in total. The molecule has 0 heterocycles. The number of hydrogen-bond donors (Lipinski definition) is 0. The van der Waals surface area contributed by atoms with Gasteiger partial charge in [0.25, 0.3) is 0 Å². The van der Waals surface area contributed by atoms with Crippen LogP contribution in [-0.2, 0) is 19.4 Å². The van der Waals surface area contributed by atoms with Gasteiger partial charge in [0.05, 0.1) is 0 Å². The van der Waals surface area contributed by atoms with Crippen molar-refractivity contribution in [3.63, 3.8) is 0 Å². The van der Waals surface area contributed by atoms with E-state index in [1.165, 1.54) is 12.1 Å². The van der Waals surface area contributed by atoms with E-state index >= 15 is 0 Å². The van der Waals surface area contributed by atoms with Gasteiger partial charge in [-0.3, -0.25) is 0 Å². The zero-order valence-electron chi connectivity index (χ0n) is 4.94. The standard InChI is InChI=1S/C6H4F.2ClH.Zr/c7-6-4-2-1-3-5-6;;;/h2-5H;2*1H;/q;;;+2/p-2. The Morgan fingerprint density at radius 3 is 2.00 bits per heavy atom. The summed E-state index contributed by atoms with van der Waals surface area (Å²) in [5.41, 5.74) is 0. The van der Waals surface area contributed by atoms with Crippen LogP contribution in [-0.4, -0.2) is 0 Å². The second kappa shape index (κ2) is 3.85. The van der Waals surface area contributed by atoms with Gasteiger partial charge in [0, 0.05) is 0 Å². The third kappa shape index (κ3) is 2.34. The van der Waals surface area contributed by atoms with Gasteiger partial charge in [-0.1, -0.05) is 0 Å². The fourth-order valence-corrected chi connectivity index (χ4v) is 3.10. The van der Waals surface area contributed by atoms with Crippen LogP contribution < -0.4 is 3.27 Å². The monoisotopic (exact) mass is 255 g/mol. The molecule has 0 radical (unpaired) electrons. The summed E-state index contributed by atoms with van der Waals surface area (Å²) < 4.78 is 13.2. The quantitative estimate of drug-likeness (QED) is 0.724. The van der Waals surface area contributed by atoms with Gasteiger partial charge in [-0.25, -0.2) is 0 Å². The van der Waals surface area contributed by atoms with Crippen LogP contribution in [0.3, 0.4) is 0 Å². The van der Waals surface area contributed by atoms with Crippen molar-refractivity contribution in [3.8, 4) is 0 Å². The molecular formula is C6H4Cl2FZr. The van der Waals surface area contributed by atoms with Gasteiger partial charge < -0.3 is 0 Å². The molecule has 0 unspecified atom stereocenters. The minimum absolute atomic E-state index is 0.248. The molecule has 0 amide bonds. The van der Waals surface area contributed by atoms with Crippen molar-refractivity contribution in [3.05, 3.63) is 30.1 Å². The molecule has 0 aliphatic heterocycles. The van der Waals surface area contributed by atoms with Crippen molar-refractivity contribution in [2.24, 2.45) is 0 Å². The van der Waals surface area contributed by atoms with Crippen LogP contribution in [0, 0.1) is 5.82 Å². The summed E-state index contributed by atoms with van der Waals surface area (Å²) in [6, 6.07) is 6.04. The van der Waals surface area contributed by atoms with Gasteiger partial charge in [-0.05, 0) is 0 Å². The van der Waals surface area contributed by atoms with E-state index in [4.69, 9.17) is 17.0 Å². The number of halogens is 3. The molecule has 0 N–H and O–H groups in total. The van der Waals surface area contributed by atoms with E-state index < -0.39 is 19.4 Å². The van der Waals surface area contributed by atoms with Crippen molar-refractivity contribution in [2.75, 3.05) is 0 Å². The first kappa shape index (κ1) is 8.71. The molecule has 0 atom stereocenters. The van der Waals surface area contributed by atoms with E-state index in [1.807, 2.05) is 0 Å². The molecule has 1 aromatic rings. The van der Waals surface area contributed by atoms with Crippen molar-refractivity contribution in [1.29, 1.82) is 0 Å². The predicted octanol–water partition coefficient (Wildman–Crippen LogP) is 2.38. The molecule has 0 aromatic heterocycles. The molecule has 0 fully saturated rings. The van der Waals surface area contributed by atoms with Crippen LogP contribution in [0.5, 0.6) is 0 Å². The molecule has 0 aliphatic carbocycles. The Morgan fingerprint density at radius 2 is 1.60 bits per heavy atom. The average molecular weight is 257 g/mol. The van der Waals surface area contributed by atoms with Gasteiger partial charge in [0.2, 0.25) is 0 Å². The molecule has 53 valence electrons. The average Bonchev–Trinajstić information content (AvgIpc) is 1.88. The molecule has 10 heavy (non-hydrogen) atoms. The van der Waals surface area contributed by atoms with Crippen LogP contribution in [0.2, 0.25) is 0 Å². The molecule has 1 rings (SSSR count). The topological polar surface area (TPSA) is 0 Å². The summed E-state index contributed by atoms with van der Waals surface area (Å²) in [5.74, 6) is -0.248. The normalized spacial score (nSPS) is 9.50. The summed E-state index contributed by atoms with van der Waals surface area (Å²) >= 11 is -2.27. The Bertz CT molecular complexity index is 209. The van der Waals surface area contributed by atoms with E-state index in [0.29, 0.717) is 0 Å². The fraction of sp³-hybridized carbons (Fsp3) is 0. The molecule has 0 bridgehead atoms. The number of rotatable bonds is 1. The third-order valence-corrected chi connectivity index (χ3v) is 5.54. The minimum atomic E-state index is -2.27. The SMILES string of the molecule is Fc1cc[c]([Zr]([Cl])[Cl])cc1. The first-order valence-electron chi connectivity index (χ1n) is 2.64. The van der Waals surface area contributed by atoms with Gasteiger partial charge in [-0.15, -0.1) is 0 Å². The Hall–Kier alpha value is 0.613. The van der Waals surface area contributed by atoms with Crippen LogP contribution in [0.4, 0.5) is 4.39 Å². The van der Waals surface area contributed by atoms with E-state index in [0.717, 1.165) is 3.27 Å². The second-order valence-electron chi connectivity index (χ2n) is 1.77. The number of benzene rings is 1. The molecular weight excluding hydrogens is 253 g/mol. The zero-order valence-corrected chi connectivity index (χ0v) is 8.91. The third-order valence-electron chi connectivity index (χ3n) is 1.06. The van der Waals surface area contributed by atoms with E-state index in [2.05, 4.69) is 0 Å². The molecule has 0 saturated heterocycles. The Kier molecular flexibility index (Phi) is 3.35. The van der Waals surface area contributed by atoms with Crippen LogP contribution >= 0.6 is 17.0 Å². The Balaban J connectivity index is 2.89. The van der Waals surface area contributed by atoms with E-state index in [1.54, 1.807) is 12.1 Å². The summed E-state index contributed by atoms with van der Waals surface area (Å²) in [6.07, 6.45) is 0. The summed E-state index contributed by atoms with van der Waals surface area (Å²) in [5, 5.41) is 0. The maximum atomic E-state index is 12.3. The van der Waals surface area contributed by atoms with Gasteiger partial charge in [0.1, 0.15) is 0 Å². The first-order chi connectivity index (χ1) is 4.70. The van der Waals surface area contributed by atoms with Crippen LogP contribution in [0.15, 0.2) is 24.3 Å². The zero-order chi connectivity index (χ0) is 7.56. The summed E-state index contributed by atoms with van der Waals surface area (Å²) in [7, 11) is 11.4. The summed E-state index contributed by atoms with van der Waals surface area (Å²) in [6.45, 7) is 0. The molecule has 1 aromatic carbocycles. The van der Waals surface area contributed by atoms with Crippen molar-refractivity contribution >= 4 is 20.3 Å². The Labute approximate surface area is 73.7 Å². The van der Waals surface area contributed by atoms with Crippen LogP contribution in [0.25, 0.3) is 0 Å². The molecule has 0 aliphatic rings. The van der Waals surface area contributed by atoms with E-state index in [-0.39, 0.29) is 5.82 Å². The second-order valence-corrected chi connectivity index (χ2v) is 10.1. The van der Waals surface area contributed by atoms with Crippen molar-refractivity contribution in [2.45, 2.75) is 0 Å². The van der Waals surface area contributed by atoms with Crippen molar-refractivity contribution in [1.82, 2.24) is 0 Å². The molecule has 0 spiro atoms. The van der Waals surface area contributed by atoms with E-state index in [9.17, 15) is 4.39 Å². The van der Waals surface area contributed by atoms with Crippen molar-refractivity contribution < 1.29 is 23.8 Å². The number of hydrogen-bond acceptors (Lipinski definition) is 0. The van der Waals surface area contributed by atoms with Gasteiger partial charge in [-0.2, -0.15) is 0 Å². The Morgan fingerprint density at radius 1 is 1.10 bits per heavy atom. The fourth-order valence-electron chi connectivity index (χ4n) is 0.576. The predicted molar refractivity (Wildman–Crippen MR) is 37.7 cm³/mol. The molecule has 4 heteroatoms.